The second-order valence-electron chi connectivity index (χ2n) is 6.68. The molecule has 0 bridgehead atoms. The molecule has 0 spiro atoms. The van der Waals surface area contributed by atoms with Gasteiger partial charge < -0.3 is 16.0 Å². The van der Waals surface area contributed by atoms with E-state index < -0.39 is 6.03 Å². The van der Waals surface area contributed by atoms with Gasteiger partial charge in [0.15, 0.2) is 0 Å². The van der Waals surface area contributed by atoms with Crippen molar-refractivity contribution in [3.63, 3.8) is 0 Å². The summed E-state index contributed by atoms with van der Waals surface area (Å²) in [5.74, 6) is -0.589. The molecule has 0 aliphatic rings. The van der Waals surface area contributed by atoms with Crippen molar-refractivity contribution in [2.45, 2.75) is 32.9 Å². The number of urea groups is 1. The third-order valence-electron chi connectivity index (χ3n) is 3.27. The number of carbonyl (C=O) groups is 2. The van der Waals surface area contributed by atoms with Crippen LogP contribution in [0.25, 0.3) is 0 Å². The largest absolute Gasteiger partial charge is 0.347 e. The van der Waals surface area contributed by atoms with Crippen LogP contribution in [-0.2, 0) is 6.54 Å². The summed E-state index contributed by atoms with van der Waals surface area (Å²) >= 11 is 0. The molecule has 0 aliphatic heterocycles. The van der Waals surface area contributed by atoms with Crippen LogP contribution < -0.4 is 16.0 Å². The fourth-order valence-corrected chi connectivity index (χ4v) is 2.15. The number of carbonyl (C=O) groups excluding carboxylic acids is 2. The van der Waals surface area contributed by atoms with E-state index >= 15 is 0 Å². The smallest absolute Gasteiger partial charge is 0.319 e. The zero-order chi connectivity index (χ0) is 18.4. The number of hydrogen-bond donors (Lipinski definition) is 3. The van der Waals surface area contributed by atoms with Gasteiger partial charge in [0, 0.05) is 12.1 Å². The molecule has 2 rings (SSSR count). The van der Waals surface area contributed by atoms with E-state index in [-0.39, 0.29) is 23.8 Å². The number of hydrogen-bond acceptors (Lipinski definition) is 2. The average Bonchev–Trinajstić information content (AvgIpc) is 2.53. The Morgan fingerprint density at radius 2 is 1.64 bits per heavy atom. The highest BCUT2D eigenvalue weighted by atomic mass is 19.1. The highest BCUT2D eigenvalue weighted by Gasteiger charge is 2.18. The molecular formula is C19H22FN3O2. The summed E-state index contributed by atoms with van der Waals surface area (Å²) in [5.41, 5.74) is 1.19. The lowest BCUT2D eigenvalue weighted by molar-refractivity contribution is 0.0920. The summed E-state index contributed by atoms with van der Waals surface area (Å²) in [6, 6.07) is 12.2. The van der Waals surface area contributed by atoms with E-state index in [1.165, 1.54) is 12.1 Å². The van der Waals surface area contributed by atoms with E-state index in [1.54, 1.807) is 36.4 Å². The van der Waals surface area contributed by atoms with Gasteiger partial charge in [-0.3, -0.25) is 4.79 Å². The van der Waals surface area contributed by atoms with Crippen LogP contribution in [0.5, 0.6) is 0 Å². The van der Waals surface area contributed by atoms with Crippen LogP contribution in [0.1, 0.15) is 36.7 Å². The third-order valence-corrected chi connectivity index (χ3v) is 3.27. The quantitative estimate of drug-likeness (QED) is 0.792. The van der Waals surface area contributed by atoms with Gasteiger partial charge in [-0.25, -0.2) is 9.18 Å². The zero-order valence-electron chi connectivity index (χ0n) is 14.5. The minimum Gasteiger partial charge on any atom is -0.347 e. The molecule has 0 aliphatic carbocycles. The molecule has 0 aromatic heterocycles. The molecule has 0 fully saturated rings. The summed E-state index contributed by atoms with van der Waals surface area (Å²) in [6.45, 7) is 5.91. The van der Waals surface area contributed by atoms with Crippen molar-refractivity contribution in [2.24, 2.45) is 0 Å². The standard InChI is InChI=1S/C19H22FN3O2/c1-19(2,3)23-17(24)15-6-4-5-7-16(15)22-18(25)21-12-13-8-10-14(20)11-9-13/h4-11H,12H2,1-3H3,(H,23,24)(H2,21,22,25). The number of anilines is 1. The molecule has 3 N–H and O–H groups in total. The Balaban J connectivity index is 2.00. The molecule has 0 saturated carbocycles. The molecule has 3 amide bonds. The fraction of sp³-hybridized carbons (Fsp3) is 0.263. The molecule has 5 nitrogen and oxygen atoms in total. The number of benzene rings is 2. The first-order valence-electron chi connectivity index (χ1n) is 7.95. The summed E-state index contributed by atoms with van der Waals surface area (Å²) < 4.78 is 12.9. The van der Waals surface area contributed by atoms with Crippen LogP contribution in [0.15, 0.2) is 48.5 Å². The maximum Gasteiger partial charge on any atom is 0.319 e. The Morgan fingerprint density at radius 3 is 2.28 bits per heavy atom. The lowest BCUT2D eigenvalue weighted by atomic mass is 10.1. The summed E-state index contributed by atoms with van der Waals surface area (Å²) in [4.78, 5) is 24.4. The molecular weight excluding hydrogens is 321 g/mol. The van der Waals surface area contributed by atoms with Crippen LogP contribution in [-0.4, -0.2) is 17.5 Å². The van der Waals surface area contributed by atoms with E-state index in [0.717, 1.165) is 5.56 Å². The van der Waals surface area contributed by atoms with Crippen LogP contribution in [0, 0.1) is 5.82 Å². The third kappa shape index (κ3) is 5.91. The maximum absolute atomic E-state index is 12.9. The van der Waals surface area contributed by atoms with Crippen molar-refractivity contribution in [1.29, 1.82) is 0 Å². The van der Waals surface area contributed by atoms with Gasteiger partial charge in [0.2, 0.25) is 0 Å². The topological polar surface area (TPSA) is 70.2 Å². The normalized spacial score (nSPS) is 10.9. The molecule has 0 saturated heterocycles. The van der Waals surface area contributed by atoms with Gasteiger partial charge >= 0.3 is 6.03 Å². The molecule has 132 valence electrons. The van der Waals surface area contributed by atoms with Crippen molar-refractivity contribution in [2.75, 3.05) is 5.32 Å². The Kier molecular flexibility index (Phi) is 5.75. The van der Waals surface area contributed by atoms with Crippen molar-refractivity contribution in [3.8, 4) is 0 Å². The number of nitrogens with one attached hydrogen (secondary N) is 3. The molecule has 2 aromatic carbocycles. The van der Waals surface area contributed by atoms with Crippen molar-refractivity contribution >= 4 is 17.6 Å². The Labute approximate surface area is 146 Å². The van der Waals surface area contributed by atoms with Crippen LogP contribution in [0.3, 0.4) is 0 Å². The van der Waals surface area contributed by atoms with Gasteiger partial charge in [-0.05, 0) is 50.6 Å². The van der Waals surface area contributed by atoms with Gasteiger partial charge in [-0.2, -0.15) is 0 Å². The first-order valence-corrected chi connectivity index (χ1v) is 7.95. The molecule has 0 atom stereocenters. The first-order chi connectivity index (χ1) is 11.7. The second-order valence-corrected chi connectivity index (χ2v) is 6.68. The van der Waals surface area contributed by atoms with E-state index in [2.05, 4.69) is 16.0 Å². The zero-order valence-corrected chi connectivity index (χ0v) is 14.5. The Morgan fingerprint density at radius 1 is 1.00 bits per heavy atom. The van der Waals surface area contributed by atoms with E-state index in [9.17, 15) is 14.0 Å². The van der Waals surface area contributed by atoms with Gasteiger partial charge in [-0.1, -0.05) is 24.3 Å². The van der Waals surface area contributed by atoms with Crippen molar-refractivity contribution < 1.29 is 14.0 Å². The Bertz CT molecular complexity index is 752. The highest BCUT2D eigenvalue weighted by Crippen LogP contribution is 2.16. The highest BCUT2D eigenvalue weighted by molar-refractivity contribution is 6.03. The monoisotopic (exact) mass is 343 g/mol. The molecule has 2 aromatic rings. The number of halogens is 1. The van der Waals surface area contributed by atoms with Gasteiger partial charge in [0.25, 0.3) is 5.91 Å². The Hall–Kier alpha value is -2.89. The van der Waals surface area contributed by atoms with Crippen molar-refractivity contribution in [1.82, 2.24) is 10.6 Å². The first kappa shape index (κ1) is 18.4. The fourth-order valence-electron chi connectivity index (χ4n) is 2.15. The number of para-hydroxylation sites is 1. The summed E-state index contributed by atoms with van der Waals surface area (Å²) in [6.07, 6.45) is 0. The number of rotatable bonds is 4. The summed E-state index contributed by atoms with van der Waals surface area (Å²) in [5, 5.41) is 8.22. The van der Waals surface area contributed by atoms with E-state index in [0.29, 0.717) is 11.3 Å². The molecule has 0 heterocycles. The van der Waals surface area contributed by atoms with Crippen molar-refractivity contribution in [3.05, 3.63) is 65.5 Å². The van der Waals surface area contributed by atoms with Crippen LogP contribution >= 0.6 is 0 Å². The predicted molar refractivity (Wildman–Crippen MR) is 95.9 cm³/mol. The lowest BCUT2D eigenvalue weighted by Crippen LogP contribution is -2.41. The van der Waals surface area contributed by atoms with Gasteiger partial charge in [0.1, 0.15) is 5.82 Å². The lowest BCUT2D eigenvalue weighted by Gasteiger charge is -2.21. The molecule has 25 heavy (non-hydrogen) atoms. The van der Waals surface area contributed by atoms with Crippen LogP contribution in [0.4, 0.5) is 14.9 Å². The molecule has 6 heteroatoms. The molecule has 0 radical (unpaired) electrons. The second kappa shape index (κ2) is 7.79. The predicted octanol–water partition coefficient (Wildman–Crippen LogP) is 3.68. The van der Waals surface area contributed by atoms with E-state index in [4.69, 9.17) is 0 Å². The number of amides is 3. The maximum atomic E-state index is 12.9. The minimum atomic E-state index is -0.444. The van der Waals surface area contributed by atoms with E-state index in [1.807, 2.05) is 20.8 Å². The molecule has 0 unspecified atom stereocenters. The SMILES string of the molecule is CC(C)(C)NC(=O)c1ccccc1NC(=O)NCc1ccc(F)cc1. The van der Waals surface area contributed by atoms with Crippen LogP contribution in [0.2, 0.25) is 0 Å². The summed E-state index contributed by atoms with van der Waals surface area (Å²) in [7, 11) is 0. The van der Waals surface area contributed by atoms with Gasteiger partial charge in [-0.15, -0.1) is 0 Å². The van der Waals surface area contributed by atoms with Gasteiger partial charge in [0.05, 0.1) is 11.3 Å². The minimum absolute atomic E-state index is 0.252. The average molecular weight is 343 g/mol.